The van der Waals surface area contributed by atoms with E-state index in [0.29, 0.717) is 31.1 Å². The van der Waals surface area contributed by atoms with Gasteiger partial charge in [0.15, 0.2) is 0 Å². The van der Waals surface area contributed by atoms with Crippen LogP contribution in [-0.2, 0) is 16.1 Å². The van der Waals surface area contributed by atoms with E-state index in [9.17, 15) is 9.59 Å². The fourth-order valence-electron chi connectivity index (χ4n) is 4.90. The molecule has 0 bridgehead atoms. The summed E-state index contributed by atoms with van der Waals surface area (Å²) in [7, 11) is 1.63. The van der Waals surface area contributed by atoms with Crippen LogP contribution in [0.4, 0.5) is 0 Å². The van der Waals surface area contributed by atoms with Gasteiger partial charge in [-0.15, -0.1) is 0 Å². The number of nitrogens with zero attached hydrogens (tertiary/aromatic N) is 2. The molecule has 2 aromatic carbocycles. The second-order valence-corrected chi connectivity index (χ2v) is 8.95. The molecule has 0 atom stereocenters. The summed E-state index contributed by atoms with van der Waals surface area (Å²) in [4.78, 5) is 27.7. The van der Waals surface area contributed by atoms with E-state index in [1.165, 1.54) is 5.56 Å². The SMILES string of the molecule is CCOC(=O)c1cc(-c2ccc(OC)cc2)n(CCC(=O)N2CCC(c3ccccc3)CC2)c1C. The molecule has 3 aromatic rings. The van der Waals surface area contributed by atoms with Crippen molar-refractivity contribution in [3.8, 4) is 17.0 Å². The Kier molecular flexibility index (Phi) is 7.91. The van der Waals surface area contributed by atoms with Gasteiger partial charge in [-0.05, 0) is 74.1 Å². The van der Waals surface area contributed by atoms with E-state index in [4.69, 9.17) is 9.47 Å². The molecule has 0 spiro atoms. The van der Waals surface area contributed by atoms with E-state index >= 15 is 0 Å². The average Bonchev–Trinajstić information content (AvgIpc) is 3.24. The zero-order valence-corrected chi connectivity index (χ0v) is 20.8. The predicted octanol–water partition coefficient (Wildman–Crippen LogP) is 5.45. The monoisotopic (exact) mass is 474 g/mol. The largest absolute Gasteiger partial charge is 0.497 e. The summed E-state index contributed by atoms with van der Waals surface area (Å²) in [5.74, 6) is 1.10. The van der Waals surface area contributed by atoms with Crippen LogP contribution in [0.1, 0.15) is 53.7 Å². The standard InChI is InChI=1S/C29H34N2O4/c1-4-35-29(33)26-20-27(24-10-12-25(34-3)13-11-24)31(21(26)2)19-16-28(32)30-17-14-23(15-18-30)22-8-6-5-7-9-22/h5-13,20,23H,4,14-19H2,1-3H3. The Morgan fingerprint density at radius 2 is 1.69 bits per heavy atom. The number of carbonyl (C=O) groups excluding carboxylic acids is 2. The van der Waals surface area contributed by atoms with Crippen molar-refractivity contribution in [3.05, 3.63) is 77.5 Å². The molecule has 0 radical (unpaired) electrons. The Balaban J connectivity index is 1.47. The predicted molar refractivity (Wildman–Crippen MR) is 137 cm³/mol. The molecule has 1 amide bonds. The number of benzene rings is 2. The molecule has 1 aliphatic rings. The van der Waals surface area contributed by atoms with Gasteiger partial charge in [0, 0.05) is 37.4 Å². The van der Waals surface area contributed by atoms with Crippen LogP contribution in [0.25, 0.3) is 11.3 Å². The summed E-state index contributed by atoms with van der Waals surface area (Å²) in [6.07, 6.45) is 2.36. The number of aromatic nitrogens is 1. The molecular weight excluding hydrogens is 440 g/mol. The Bertz CT molecular complexity index is 1140. The van der Waals surface area contributed by atoms with Crippen LogP contribution >= 0.6 is 0 Å². The molecule has 0 saturated carbocycles. The summed E-state index contributed by atoms with van der Waals surface area (Å²) < 4.78 is 12.6. The van der Waals surface area contributed by atoms with Crippen LogP contribution < -0.4 is 4.74 Å². The number of likely N-dealkylation sites (tertiary alicyclic amines) is 1. The fraction of sp³-hybridized carbons (Fsp3) is 0.379. The van der Waals surface area contributed by atoms with Gasteiger partial charge in [-0.1, -0.05) is 30.3 Å². The lowest BCUT2D eigenvalue weighted by Gasteiger charge is -2.32. The first-order valence-electron chi connectivity index (χ1n) is 12.4. The quantitative estimate of drug-likeness (QED) is 0.408. The minimum absolute atomic E-state index is 0.156. The van der Waals surface area contributed by atoms with Crippen LogP contribution in [0.3, 0.4) is 0 Å². The number of hydrogen-bond acceptors (Lipinski definition) is 4. The minimum Gasteiger partial charge on any atom is -0.497 e. The van der Waals surface area contributed by atoms with E-state index in [1.54, 1.807) is 14.0 Å². The molecule has 2 heterocycles. The maximum atomic E-state index is 13.1. The van der Waals surface area contributed by atoms with Gasteiger partial charge in [-0.25, -0.2) is 4.79 Å². The number of methoxy groups -OCH3 is 1. The van der Waals surface area contributed by atoms with Crippen molar-refractivity contribution in [1.29, 1.82) is 0 Å². The molecular formula is C29H34N2O4. The Hall–Kier alpha value is -3.54. The Morgan fingerprint density at radius 1 is 1.00 bits per heavy atom. The van der Waals surface area contributed by atoms with Gasteiger partial charge >= 0.3 is 5.97 Å². The summed E-state index contributed by atoms with van der Waals surface area (Å²) in [6.45, 7) is 6.09. The maximum Gasteiger partial charge on any atom is 0.339 e. The molecule has 1 saturated heterocycles. The summed E-state index contributed by atoms with van der Waals surface area (Å²) in [6, 6.07) is 20.2. The molecule has 0 N–H and O–H groups in total. The zero-order chi connectivity index (χ0) is 24.8. The minimum atomic E-state index is -0.340. The second-order valence-electron chi connectivity index (χ2n) is 8.95. The molecule has 1 aliphatic heterocycles. The van der Waals surface area contributed by atoms with Gasteiger partial charge < -0.3 is 18.9 Å². The normalized spacial score (nSPS) is 14.1. The Morgan fingerprint density at radius 3 is 2.31 bits per heavy atom. The molecule has 4 rings (SSSR count). The highest BCUT2D eigenvalue weighted by Crippen LogP contribution is 2.30. The fourth-order valence-corrected chi connectivity index (χ4v) is 4.90. The van der Waals surface area contributed by atoms with Crippen molar-refractivity contribution < 1.29 is 19.1 Å². The first kappa shape index (κ1) is 24.6. The van der Waals surface area contributed by atoms with E-state index in [0.717, 1.165) is 48.6 Å². The van der Waals surface area contributed by atoms with E-state index in [-0.39, 0.29) is 11.9 Å². The topological polar surface area (TPSA) is 60.8 Å². The zero-order valence-electron chi connectivity index (χ0n) is 20.8. The van der Waals surface area contributed by atoms with Gasteiger partial charge in [0.25, 0.3) is 0 Å². The molecule has 6 heteroatoms. The number of piperidine rings is 1. The number of amides is 1. The van der Waals surface area contributed by atoms with E-state index in [1.807, 2.05) is 48.2 Å². The lowest BCUT2D eigenvalue weighted by molar-refractivity contribution is -0.132. The third-order valence-electron chi connectivity index (χ3n) is 6.92. The van der Waals surface area contributed by atoms with Crippen LogP contribution in [0.2, 0.25) is 0 Å². The van der Waals surface area contributed by atoms with Crippen LogP contribution in [-0.4, -0.2) is 48.1 Å². The third kappa shape index (κ3) is 5.59. The first-order chi connectivity index (χ1) is 17.0. The van der Waals surface area contributed by atoms with Crippen molar-refractivity contribution in [1.82, 2.24) is 9.47 Å². The summed E-state index contributed by atoms with van der Waals surface area (Å²) in [5, 5.41) is 0. The maximum absolute atomic E-state index is 13.1. The molecule has 1 aromatic heterocycles. The summed E-state index contributed by atoms with van der Waals surface area (Å²) in [5.41, 5.74) is 4.56. The first-order valence-corrected chi connectivity index (χ1v) is 12.4. The highest BCUT2D eigenvalue weighted by atomic mass is 16.5. The lowest BCUT2D eigenvalue weighted by Crippen LogP contribution is -2.38. The number of rotatable bonds is 8. The van der Waals surface area contributed by atoms with Crippen molar-refractivity contribution in [2.24, 2.45) is 0 Å². The van der Waals surface area contributed by atoms with E-state index < -0.39 is 0 Å². The highest BCUT2D eigenvalue weighted by molar-refractivity contribution is 5.92. The number of esters is 1. The average molecular weight is 475 g/mol. The van der Waals surface area contributed by atoms with Crippen LogP contribution in [0, 0.1) is 6.92 Å². The van der Waals surface area contributed by atoms with E-state index in [2.05, 4.69) is 28.8 Å². The lowest BCUT2D eigenvalue weighted by atomic mass is 9.89. The van der Waals surface area contributed by atoms with Gasteiger partial charge in [-0.2, -0.15) is 0 Å². The Labute approximate surface area is 207 Å². The number of ether oxygens (including phenoxy) is 2. The molecule has 35 heavy (non-hydrogen) atoms. The van der Waals surface area contributed by atoms with Crippen molar-refractivity contribution in [2.45, 2.75) is 45.6 Å². The molecule has 1 fully saturated rings. The van der Waals surface area contributed by atoms with Gasteiger partial charge in [0.05, 0.1) is 19.3 Å². The third-order valence-corrected chi connectivity index (χ3v) is 6.92. The molecule has 184 valence electrons. The number of carbonyl (C=O) groups is 2. The van der Waals surface area contributed by atoms with Crippen LogP contribution in [0.5, 0.6) is 5.75 Å². The van der Waals surface area contributed by atoms with Crippen molar-refractivity contribution in [2.75, 3.05) is 26.8 Å². The van der Waals surface area contributed by atoms with Gasteiger partial charge in [0.2, 0.25) is 5.91 Å². The smallest absolute Gasteiger partial charge is 0.339 e. The second kappa shape index (κ2) is 11.3. The van der Waals surface area contributed by atoms with Gasteiger partial charge in [-0.3, -0.25) is 4.79 Å². The number of hydrogen-bond donors (Lipinski definition) is 0. The van der Waals surface area contributed by atoms with Crippen LogP contribution in [0.15, 0.2) is 60.7 Å². The molecule has 0 aliphatic carbocycles. The molecule has 6 nitrogen and oxygen atoms in total. The molecule has 0 unspecified atom stereocenters. The van der Waals surface area contributed by atoms with Gasteiger partial charge in [0.1, 0.15) is 5.75 Å². The summed E-state index contributed by atoms with van der Waals surface area (Å²) >= 11 is 0. The van der Waals surface area contributed by atoms with Crippen molar-refractivity contribution in [3.63, 3.8) is 0 Å². The highest BCUT2D eigenvalue weighted by Gasteiger charge is 2.25. The van der Waals surface area contributed by atoms with Crippen molar-refractivity contribution >= 4 is 11.9 Å².